The average molecular weight is 337 g/mol. The van der Waals surface area contributed by atoms with E-state index in [1.165, 1.54) is 6.07 Å². The summed E-state index contributed by atoms with van der Waals surface area (Å²) in [6.07, 6.45) is -4.37. The molecule has 2 aromatic rings. The summed E-state index contributed by atoms with van der Waals surface area (Å²) in [5.41, 5.74) is -0.508. The largest absolute Gasteiger partial charge is 0.426 e. The standard InChI is InChI=1S/C18H18F3NO2/c1-12-10-14(11-13-6-4-3-5-7-13)8-9-15(12)22-16(23)17(2,24)18(19,20)21/h3-10,24H,11H2,1-2H3,(H,22,23). The summed E-state index contributed by atoms with van der Waals surface area (Å²) >= 11 is 0. The number of nitrogens with one attached hydrogen (secondary N) is 1. The first-order valence-corrected chi connectivity index (χ1v) is 7.35. The van der Waals surface area contributed by atoms with E-state index in [0.717, 1.165) is 11.1 Å². The van der Waals surface area contributed by atoms with Crippen LogP contribution in [0.15, 0.2) is 48.5 Å². The number of benzene rings is 2. The van der Waals surface area contributed by atoms with Gasteiger partial charge < -0.3 is 10.4 Å². The molecule has 1 unspecified atom stereocenters. The first-order chi connectivity index (χ1) is 11.1. The van der Waals surface area contributed by atoms with Gasteiger partial charge in [0.25, 0.3) is 5.91 Å². The highest BCUT2D eigenvalue weighted by molar-refractivity contribution is 5.98. The maximum absolute atomic E-state index is 12.7. The zero-order valence-electron chi connectivity index (χ0n) is 13.3. The van der Waals surface area contributed by atoms with Crippen molar-refractivity contribution in [3.63, 3.8) is 0 Å². The smallest absolute Gasteiger partial charge is 0.373 e. The van der Waals surface area contributed by atoms with E-state index in [0.29, 0.717) is 18.9 Å². The highest BCUT2D eigenvalue weighted by Gasteiger charge is 2.55. The summed E-state index contributed by atoms with van der Waals surface area (Å²) < 4.78 is 38.0. The number of halogens is 3. The molecule has 0 aliphatic rings. The van der Waals surface area contributed by atoms with Crippen LogP contribution in [0, 0.1) is 6.92 Å². The van der Waals surface area contributed by atoms with Gasteiger partial charge in [0.1, 0.15) is 0 Å². The molecule has 1 amide bonds. The monoisotopic (exact) mass is 337 g/mol. The van der Waals surface area contributed by atoms with E-state index < -0.39 is 17.7 Å². The molecule has 0 radical (unpaired) electrons. The number of aryl methyl sites for hydroxylation is 1. The van der Waals surface area contributed by atoms with Crippen LogP contribution in [0.5, 0.6) is 0 Å². The summed E-state index contributed by atoms with van der Waals surface area (Å²) in [4.78, 5) is 11.7. The Morgan fingerprint density at radius 1 is 1.08 bits per heavy atom. The van der Waals surface area contributed by atoms with Crippen LogP contribution in [-0.2, 0) is 11.2 Å². The van der Waals surface area contributed by atoms with Crippen LogP contribution in [0.25, 0.3) is 0 Å². The Morgan fingerprint density at radius 2 is 1.71 bits per heavy atom. The van der Waals surface area contributed by atoms with Crippen LogP contribution in [0.3, 0.4) is 0 Å². The fraction of sp³-hybridized carbons (Fsp3) is 0.278. The Hall–Kier alpha value is -2.34. The number of rotatable bonds is 4. The van der Waals surface area contributed by atoms with Gasteiger partial charge in [-0.15, -0.1) is 0 Å². The number of hydrogen-bond acceptors (Lipinski definition) is 2. The summed E-state index contributed by atoms with van der Waals surface area (Å²) in [6.45, 7) is 2.12. The van der Waals surface area contributed by atoms with Crippen molar-refractivity contribution in [2.75, 3.05) is 5.32 Å². The van der Waals surface area contributed by atoms with E-state index in [4.69, 9.17) is 0 Å². The third-order valence-corrected chi connectivity index (χ3v) is 3.78. The molecule has 2 aromatic carbocycles. The highest BCUT2D eigenvalue weighted by Crippen LogP contribution is 2.31. The molecule has 2 rings (SSSR count). The molecule has 1 atom stereocenters. The molecular formula is C18H18F3NO2. The molecular weight excluding hydrogens is 319 g/mol. The fourth-order valence-corrected chi connectivity index (χ4v) is 2.18. The minimum atomic E-state index is -5.04. The van der Waals surface area contributed by atoms with Crippen molar-refractivity contribution in [3.8, 4) is 0 Å². The quantitative estimate of drug-likeness (QED) is 0.891. The number of carbonyl (C=O) groups is 1. The van der Waals surface area contributed by atoms with E-state index in [-0.39, 0.29) is 5.69 Å². The molecule has 0 saturated carbocycles. The lowest BCUT2D eigenvalue weighted by molar-refractivity contribution is -0.242. The molecule has 0 fully saturated rings. The maximum atomic E-state index is 12.7. The third-order valence-electron chi connectivity index (χ3n) is 3.78. The van der Waals surface area contributed by atoms with Crippen LogP contribution < -0.4 is 5.32 Å². The van der Waals surface area contributed by atoms with E-state index in [9.17, 15) is 23.1 Å². The number of hydrogen-bond donors (Lipinski definition) is 2. The van der Waals surface area contributed by atoms with Crippen LogP contribution >= 0.6 is 0 Å². The zero-order valence-corrected chi connectivity index (χ0v) is 13.3. The minimum absolute atomic E-state index is 0.237. The Kier molecular flexibility index (Phi) is 4.99. The van der Waals surface area contributed by atoms with Gasteiger partial charge in [0.05, 0.1) is 0 Å². The van der Waals surface area contributed by atoms with Gasteiger partial charge in [-0.1, -0.05) is 42.5 Å². The van der Waals surface area contributed by atoms with Gasteiger partial charge in [-0.25, -0.2) is 0 Å². The molecule has 3 nitrogen and oxygen atoms in total. The topological polar surface area (TPSA) is 49.3 Å². The molecule has 128 valence electrons. The van der Waals surface area contributed by atoms with Gasteiger partial charge in [-0.05, 0) is 43.0 Å². The van der Waals surface area contributed by atoms with Gasteiger partial charge in [-0.2, -0.15) is 13.2 Å². The second kappa shape index (κ2) is 6.65. The predicted molar refractivity (Wildman–Crippen MR) is 85.7 cm³/mol. The molecule has 2 N–H and O–H groups in total. The van der Waals surface area contributed by atoms with Crippen LogP contribution in [0.2, 0.25) is 0 Å². The van der Waals surface area contributed by atoms with E-state index in [1.807, 2.05) is 30.3 Å². The summed E-state index contributed by atoms with van der Waals surface area (Å²) in [6, 6.07) is 14.8. The van der Waals surface area contributed by atoms with Crippen molar-refractivity contribution >= 4 is 11.6 Å². The Labute approximate surface area is 138 Å². The van der Waals surface area contributed by atoms with Crippen molar-refractivity contribution in [2.24, 2.45) is 0 Å². The van der Waals surface area contributed by atoms with E-state index in [2.05, 4.69) is 5.32 Å². The molecule has 0 heterocycles. The van der Waals surface area contributed by atoms with Crippen molar-refractivity contribution in [1.29, 1.82) is 0 Å². The SMILES string of the molecule is Cc1cc(Cc2ccccc2)ccc1NC(=O)C(C)(O)C(F)(F)F. The summed E-state index contributed by atoms with van der Waals surface area (Å²) in [5.74, 6) is -1.51. The third kappa shape index (κ3) is 3.94. The van der Waals surface area contributed by atoms with Crippen molar-refractivity contribution < 1.29 is 23.1 Å². The summed E-state index contributed by atoms with van der Waals surface area (Å²) in [5, 5.41) is 11.5. The lowest BCUT2D eigenvalue weighted by Gasteiger charge is -2.25. The average Bonchev–Trinajstić information content (AvgIpc) is 2.49. The van der Waals surface area contributed by atoms with Crippen molar-refractivity contribution in [1.82, 2.24) is 0 Å². The van der Waals surface area contributed by atoms with Gasteiger partial charge in [0.2, 0.25) is 5.60 Å². The molecule has 0 saturated heterocycles. The predicted octanol–water partition coefficient (Wildman–Crippen LogP) is 3.84. The molecule has 0 bridgehead atoms. The summed E-state index contributed by atoms with van der Waals surface area (Å²) in [7, 11) is 0. The zero-order chi connectivity index (χ0) is 18.0. The minimum Gasteiger partial charge on any atom is -0.373 e. The van der Waals surface area contributed by atoms with E-state index in [1.54, 1.807) is 19.1 Å². The van der Waals surface area contributed by atoms with Crippen molar-refractivity contribution in [3.05, 3.63) is 65.2 Å². The normalized spacial score (nSPS) is 14.1. The van der Waals surface area contributed by atoms with Crippen LogP contribution in [0.4, 0.5) is 18.9 Å². The number of amides is 1. The number of anilines is 1. The Balaban J connectivity index is 2.14. The number of aliphatic hydroxyl groups is 1. The highest BCUT2D eigenvalue weighted by atomic mass is 19.4. The van der Waals surface area contributed by atoms with Gasteiger partial charge in [0, 0.05) is 5.69 Å². The maximum Gasteiger partial charge on any atom is 0.426 e. The molecule has 6 heteroatoms. The second-order valence-corrected chi connectivity index (χ2v) is 5.84. The van der Waals surface area contributed by atoms with Crippen LogP contribution in [0.1, 0.15) is 23.6 Å². The molecule has 0 aliphatic heterocycles. The van der Waals surface area contributed by atoms with Gasteiger partial charge in [-0.3, -0.25) is 4.79 Å². The Bertz CT molecular complexity index is 725. The van der Waals surface area contributed by atoms with E-state index >= 15 is 0 Å². The first kappa shape index (κ1) is 18.0. The van der Waals surface area contributed by atoms with Gasteiger partial charge >= 0.3 is 6.18 Å². The lowest BCUT2D eigenvalue weighted by atomic mass is 10.0. The van der Waals surface area contributed by atoms with Crippen molar-refractivity contribution in [2.45, 2.75) is 32.0 Å². The van der Waals surface area contributed by atoms with Gasteiger partial charge in [0.15, 0.2) is 0 Å². The molecule has 24 heavy (non-hydrogen) atoms. The molecule has 0 spiro atoms. The number of alkyl halides is 3. The van der Waals surface area contributed by atoms with Crippen LogP contribution in [-0.4, -0.2) is 22.8 Å². The first-order valence-electron chi connectivity index (χ1n) is 7.35. The number of carbonyl (C=O) groups excluding carboxylic acids is 1. The molecule has 0 aromatic heterocycles. The lowest BCUT2D eigenvalue weighted by Crippen LogP contribution is -2.52. The molecule has 0 aliphatic carbocycles. The fourth-order valence-electron chi connectivity index (χ4n) is 2.18. The second-order valence-electron chi connectivity index (χ2n) is 5.84. The Morgan fingerprint density at radius 3 is 2.25 bits per heavy atom.